The van der Waals surface area contributed by atoms with Crippen LogP contribution in [0.15, 0.2) is 28.7 Å². The molecule has 0 radical (unpaired) electrons. The number of nitrogens with one attached hydrogen (secondary N) is 1. The van der Waals surface area contributed by atoms with E-state index in [1.54, 1.807) is 0 Å². The quantitative estimate of drug-likeness (QED) is 0.675. The zero-order valence-corrected chi connectivity index (χ0v) is 15.4. The van der Waals surface area contributed by atoms with Crippen LogP contribution in [0, 0.1) is 5.92 Å². The van der Waals surface area contributed by atoms with Crippen LogP contribution in [0.25, 0.3) is 10.6 Å². The first-order valence-electron chi connectivity index (χ1n) is 7.55. The summed E-state index contributed by atoms with van der Waals surface area (Å²) < 4.78 is 1.10. The number of hydrogen-bond donors (Lipinski definition) is 1. The summed E-state index contributed by atoms with van der Waals surface area (Å²) in [7, 11) is 0. The number of rotatable bonds is 7. The Kier molecular flexibility index (Phi) is 6.40. The van der Waals surface area contributed by atoms with Crippen molar-refractivity contribution in [3.63, 3.8) is 0 Å². The molecule has 21 heavy (non-hydrogen) atoms. The molecule has 1 N–H and O–H groups in total. The molecule has 0 saturated heterocycles. The summed E-state index contributed by atoms with van der Waals surface area (Å²) in [6.07, 6.45) is 2.21. The number of thiazole rings is 1. The van der Waals surface area contributed by atoms with Crippen molar-refractivity contribution in [1.29, 1.82) is 0 Å². The van der Waals surface area contributed by atoms with E-state index in [-0.39, 0.29) is 0 Å². The molecule has 0 unspecified atom stereocenters. The van der Waals surface area contributed by atoms with E-state index in [9.17, 15) is 0 Å². The number of hydrogen-bond acceptors (Lipinski definition) is 3. The summed E-state index contributed by atoms with van der Waals surface area (Å²) in [5.41, 5.74) is 2.45. The van der Waals surface area contributed by atoms with Crippen molar-refractivity contribution in [2.75, 3.05) is 6.54 Å². The highest BCUT2D eigenvalue weighted by Crippen LogP contribution is 2.30. The molecule has 1 aromatic carbocycles. The molecule has 0 saturated carbocycles. The maximum atomic E-state index is 4.90. The topological polar surface area (TPSA) is 24.9 Å². The van der Waals surface area contributed by atoms with Gasteiger partial charge in [0.1, 0.15) is 5.01 Å². The van der Waals surface area contributed by atoms with Gasteiger partial charge in [-0.05, 0) is 37.4 Å². The van der Waals surface area contributed by atoms with Gasteiger partial charge >= 0.3 is 0 Å². The smallest absolute Gasteiger partial charge is 0.123 e. The average Bonchev–Trinajstić information content (AvgIpc) is 2.81. The van der Waals surface area contributed by atoms with Gasteiger partial charge in [0, 0.05) is 21.5 Å². The monoisotopic (exact) mass is 366 g/mol. The van der Waals surface area contributed by atoms with Crippen molar-refractivity contribution in [2.45, 2.75) is 40.2 Å². The van der Waals surface area contributed by atoms with Gasteiger partial charge in [-0.15, -0.1) is 11.3 Å². The van der Waals surface area contributed by atoms with Gasteiger partial charge in [0.05, 0.1) is 5.69 Å². The number of nitrogens with zero attached hydrogens (tertiary/aromatic N) is 1. The van der Waals surface area contributed by atoms with Crippen LogP contribution >= 0.6 is 27.3 Å². The maximum absolute atomic E-state index is 4.90. The Morgan fingerprint density at radius 3 is 2.81 bits per heavy atom. The molecule has 0 aliphatic rings. The summed E-state index contributed by atoms with van der Waals surface area (Å²) in [5.74, 6) is 0.632. The van der Waals surface area contributed by atoms with Gasteiger partial charge in [-0.3, -0.25) is 0 Å². The Bertz CT molecular complexity index is 578. The molecule has 2 nitrogen and oxygen atoms in total. The predicted molar refractivity (Wildman–Crippen MR) is 95.8 cm³/mol. The lowest BCUT2D eigenvalue weighted by Crippen LogP contribution is -2.14. The molecule has 0 aliphatic carbocycles. The summed E-state index contributed by atoms with van der Waals surface area (Å²) >= 11 is 5.36. The Labute approximate surface area is 140 Å². The molecule has 2 aromatic rings. The van der Waals surface area contributed by atoms with Crippen molar-refractivity contribution in [3.8, 4) is 10.6 Å². The van der Waals surface area contributed by atoms with E-state index in [4.69, 9.17) is 4.98 Å². The average molecular weight is 367 g/mol. The second-order valence-corrected chi connectivity index (χ2v) is 7.67. The highest BCUT2D eigenvalue weighted by atomic mass is 79.9. The molecule has 0 fully saturated rings. The first-order chi connectivity index (χ1) is 10.1. The van der Waals surface area contributed by atoms with Crippen molar-refractivity contribution >= 4 is 27.3 Å². The fourth-order valence-electron chi connectivity index (χ4n) is 2.19. The van der Waals surface area contributed by atoms with Gasteiger partial charge in [0.15, 0.2) is 0 Å². The van der Waals surface area contributed by atoms with Gasteiger partial charge in [-0.25, -0.2) is 4.98 Å². The Balaban J connectivity index is 2.26. The van der Waals surface area contributed by atoms with E-state index in [2.05, 4.69) is 66.3 Å². The predicted octanol–water partition coefficient (Wildman–Crippen LogP) is 5.27. The van der Waals surface area contributed by atoms with Crippen molar-refractivity contribution in [1.82, 2.24) is 10.3 Å². The highest BCUT2D eigenvalue weighted by molar-refractivity contribution is 9.10. The molecule has 0 atom stereocenters. The highest BCUT2D eigenvalue weighted by Gasteiger charge is 2.13. The number of halogens is 1. The zero-order chi connectivity index (χ0) is 15.2. The maximum Gasteiger partial charge on any atom is 0.123 e. The van der Waals surface area contributed by atoms with E-state index < -0.39 is 0 Å². The molecular formula is C17H23BrN2S. The van der Waals surface area contributed by atoms with Gasteiger partial charge in [0.2, 0.25) is 0 Å². The van der Waals surface area contributed by atoms with E-state index in [1.165, 1.54) is 16.1 Å². The van der Waals surface area contributed by atoms with Crippen LogP contribution in [0.5, 0.6) is 0 Å². The minimum absolute atomic E-state index is 0.632. The lowest BCUT2D eigenvalue weighted by Gasteiger charge is -2.05. The van der Waals surface area contributed by atoms with Crippen molar-refractivity contribution in [2.24, 2.45) is 5.92 Å². The molecule has 0 amide bonds. The summed E-state index contributed by atoms with van der Waals surface area (Å²) in [4.78, 5) is 6.28. The SMILES string of the molecule is CCCNCc1sc(-c2cccc(Br)c2)nc1CC(C)C. The molecule has 0 aliphatic heterocycles. The zero-order valence-electron chi connectivity index (χ0n) is 12.9. The number of aromatic nitrogens is 1. The van der Waals surface area contributed by atoms with Crippen molar-refractivity contribution in [3.05, 3.63) is 39.3 Å². The Morgan fingerprint density at radius 1 is 1.33 bits per heavy atom. The molecule has 114 valence electrons. The summed E-state index contributed by atoms with van der Waals surface area (Å²) in [6, 6.07) is 8.39. The molecule has 2 rings (SSSR count). The molecule has 0 spiro atoms. The third-order valence-corrected chi connectivity index (χ3v) is 4.80. The second kappa shape index (κ2) is 8.06. The van der Waals surface area contributed by atoms with Crippen LogP contribution in [0.2, 0.25) is 0 Å². The van der Waals surface area contributed by atoms with Crippen LogP contribution < -0.4 is 5.32 Å². The van der Waals surface area contributed by atoms with E-state index in [0.29, 0.717) is 5.92 Å². The molecule has 1 heterocycles. The van der Waals surface area contributed by atoms with Crippen LogP contribution in [0.1, 0.15) is 37.8 Å². The van der Waals surface area contributed by atoms with Crippen LogP contribution in [-0.2, 0) is 13.0 Å². The van der Waals surface area contributed by atoms with E-state index in [0.717, 1.165) is 35.4 Å². The fraction of sp³-hybridized carbons (Fsp3) is 0.471. The molecule has 1 aromatic heterocycles. The van der Waals surface area contributed by atoms with E-state index in [1.807, 2.05) is 11.3 Å². The Morgan fingerprint density at radius 2 is 2.14 bits per heavy atom. The van der Waals surface area contributed by atoms with E-state index >= 15 is 0 Å². The third-order valence-electron chi connectivity index (χ3n) is 3.16. The number of benzene rings is 1. The van der Waals surface area contributed by atoms with Gasteiger partial charge < -0.3 is 5.32 Å². The lowest BCUT2D eigenvalue weighted by molar-refractivity contribution is 0.623. The normalized spacial score (nSPS) is 11.3. The van der Waals surface area contributed by atoms with Crippen LogP contribution in [0.4, 0.5) is 0 Å². The fourth-order valence-corrected chi connectivity index (χ4v) is 3.65. The molecule has 4 heteroatoms. The third kappa shape index (κ3) is 4.90. The van der Waals surface area contributed by atoms with Crippen molar-refractivity contribution < 1.29 is 0 Å². The first-order valence-corrected chi connectivity index (χ1v) is 9.16. The molecule has 0 bridgehead atoms. The van der Waals surface area contributed by atoms with Gasteiger partial charge in [0.25, 0.3) is 0 Å². The lowest BCUT2D eigenvalue weighted by atomic mass is 10.1. The summed E-state index contributed by atoms with van der Waals surface area (Å²) in [6.45, 7) is 8.69. The van der Waals surface area contributed by atoms with Gasteiger partial charge in [-0.1, -0.05) is 48.8 Å². The second-order valence-electron chi connectivity index (χ2n) is 5.67. The first kappa shape index (κ1) is 16.7. The van der Waals surface area contributed by atoms with Gasteiger partial charge in [-0.2, -0.15) is 0 Å². The summed E-state index contributed by atoms with van der Waals surface area (Å²) in [5, 5.41) is 4.63. The van der Waals surface area contributed by atoms with Crippen LogP contribution in [0.3, 0.4) is 0 Å². The minimum atomic E-state index is 0.632. The standard InChI is InChI=1S/C17H23BrN2S/c1-4-8-19-11-16-15(9-12(2)3)20-17(21-16)13-6-5-7-14(18)10-13/h5-7,10,12,19H,4,8-9,11H2,1-3H3. The molecular weight excluding hydrogens is 344 g/mol. The minimum Gasteiger partial charge on any atom is -0.312 e. The Hall–Kier alpha value is -0.710. The van der Waals surface area contributed by atoms with Crippen LogP contribution in [-0.4, -0.2) is 11.5 Å². The largest absolute Gasteiger partial charge is 0.312 e.